The highest BCUT2D eigenvalue weighted by molar-refractivity contribution is 6.04. The van der Waals surface area contributed by atoms with Crippen LogP contribution >= 0.6 is 0 Å². The molecule has 0 saturated carbocycles. The Bertz CT molecular complexity index is 856. The molecule has 2 aromatic carbocycles. The summed E-state index contributed by atoms with van der Waals surface area (Å²) in [5.41, 5.74) is 0.990. The summed E-state index contributed by atoms with van der Waals surface area (Å²) < 4.78 is 0. The maximum absolute atomic E-state index is 13.4. The minimum atomic E-state index is -0.0978. The summed E-state index contributed by atoms with van der Waals surface area (Å²) in [6.45, 7) is 11.8. The summed E-state index contributed by atoms with van der Waals surface area (Å²) in [6.07, 6.45) is 0.962. The van der Waals surface area contributed by atoms with Crippen molar-refractivity contribution in [1.29, 1.82) is 0 Å². The molecule has 30 heavy (non-hydrogen) atoms. The second kappa shape index (κ2) is 10.5. The van der Waals surface area contributed by atoms with Crippen LogP contribution in [0.15, 0.2) is 42.5 Å². The Morgan fingerprint density at radius 1 is 1.03 bits per heavy atom. The monoisotopic (exact) mass is 412 g/mol. The third kappa shape index (κ3) is 5.18. The number of hydrogen-bond donors (Lipinski definition) is 3. The number of nitrogens with zero attached hydrogens (tertiary/aromatic N) is 1. The summed E-state index contributed by atoms with van der Waals surface area (Å²) in [6, 6.07) is 14.3. The highest BCUT2D eigenvalue weighted by atomic mass is 16.2. The van der Waals surface area contributed by atoms with Gasteiger partial charge in [-0.1, -0.05) is 43.3 Å². The average molecular weight is 413 g/mol. The van der Waals surface area contributed by atoms with E-state index in [9.17, 15) is 9.59 Å². The summed E-state index contributed by atoms with van der Waals surface area (Å²) in [4.78, 5) is 30.0. The molecule has 162 valence electrons. The van der Waals surface area contributed by atoms with E-state index < -0.39 is 0 Å². The van der Waals surface area contributed by atoms with Crippen molar-refractivity contribution in [1.82, 2.24) is 5.32 Å². The van der Waals surface area contributed by atoms with Crippen molar-refractivity contribution in [3.8, 4) is 0 Å². The van der Waals surface area contributed by atoms with Crippen LogP contribution in [0.25, 0.3) is 10.8 Å². The van der Waals surface area contributed by atoms with E-state index in [1.165, 1.54) is 9.80 Å². The fourth-order valence-corrected chi connectivity index (χ4v) is 4.39. The van der Waals surface area contributed by atoms with E-state index in [0.717, 1.165) is 55.6 Å². The maximum Gasteiger partial charge on any atom is 0.284 e. The first-order valence-corrected chi connectivity index (χ1v) is 11.3. The molecule has 1 saturated heterocycles. The topological polar surface area (TPSA) is 58.3 Å². The zero-order valence-electron chi connectivity index (χ0n) is 18.5. The van der Waals surface area contributed by atoms with Crippen LogP contribution in [-0.2, 0) is 9.59 Å². The molecule has 2 aromatic rings. The van der Waals surface area contributed by atoms with E-state index >= 15 is 0 Å². The number of benzene rings is 2. The zero-order valence-corrected chi connectivity index (χ0v) is 18.5. The zero-order chi connectivity index (χ0) is 21.5. The van der Waals surface area contributed by atoms with Crippen LogP contribution in [0.4, 0.5) is 5.69 Å². The Morgan fingerprint density at radius 2 is 1.73 bits per heavy atom. The first-order valence-electron chi connectivity index (χ1n) is 11.3. The SMILES string of the molecule is CCCNC(=O)C[NH+]1CC[NH+]([C@@H](C)C(=O)N(CC)c2cccc3ccccc23)CC1. The highest BCUT2D eigenvalue weighted by Gasteiger charge is 2.34. The van der Waals surface area contributed by atoms with E-state index in [1.54, 1.807) is 0 Å². The number of amides is 2. The normalized spacial score (nSPS) is 20.0. The second-order valence-electron chi connectivity index (χ2n) is 8.24. The Kier molecular flexibility index (Phi) is 7.82. The Labute approximate surface area is 179 Å². The largest absolute Gasteiger partial charge is 0.351 e. The number of carbonyl (C=O) groups excluding carboxylic acids is 2. The molecule has 1 heterocycles. The summed E-state index contributed by atoms with van der Waals surface area (Å²) in [5, 5.41) is 5.23. The van der Waals surface area contributed by atoms with E-state index in [-0.39, 0.29) is 17.9 Å². The molecule has 6 heteroatoms. The summed E-state index contributed by atoms with van der Waals surface area (Å²) in [7, 11) is 0. The van der Waals surface area contributed by atoms with Crippen LogP contribution in [0.2, 0.25) is 0 Å². The molecule has 2 amide bonds. The second-order valence-corrected chi connectivity index (χ2v) is 8.24. The third-order valence-electron chi connectivity index (χ3n) is 6.20. The number of hydrogen-bond acceptors (Lipinski definition) is 2. The van der Waals surface area contributed by atoms with E-state index in [1.807, 2.05) is 43.0 Å². The molecule has 1 aliphatic heterocycles. The lowest BCUT2D eigenvalue weighted by Crippen LogP contribution is -3.30. The molecular weight excluding hydrogens is 376 g/mol. The van der Waals surface area contributed by atoms with Crippen molar-refractivity contribution in [2.75, 3.05) is 50.7 Å². The fourth-order valence-electron chi connectivity index (χ4n) is 4.39. The Hall–Kier alpha value is -2.44. The molecular formula is C24H36N4O2+2. The van der Waals surface area contributed by atoms with Gasteiger partial charge in [-0.15, -0.1) is 0 Å². The predicted molar refractivity (Wildman–Crippen MR) is 121 cm³/mol. The molecule has 1 aliphatic rings. The van der Waals surface area contributed by atoms with Crippen LogP contribution in [0.5, 0.6) is 0 Å². The fraction of sp³-hybridized carbons (Fsp3) is 0.500. The molecule has 0 spiro atoms. The molecule has 0 aliphatic carbocycles. The van der Waals surface area contributed by atoms with Crippen LogP contribution in [-0.4, -0.2) is 63.7 Å². The van der Waals surface area contributed by atoms with Crippen molar-refractivity contribution in [3.63, 3.8) is 0 Å². The van der Waals surface area contributed by atoms with Crippen molar-refractivity contribution in [2.24, 2.45) is 0 Å². The van der Waals surface area contributed by atoms with E-state index in [0.29, 0.717) is 13.1 Å². The first kappa shape index (κ1) is 22.2. The Morgan fingerprint density at radius 3 is 2.43 bits per heavy atom. The molecule has 0 radical (unpaired) electrons. The van der Waals surface area contributed by atoms with Gasteiger partial charge in [0, 0.05) is 18.5 Å². The quantitative estimate of drug-likeness (QED) is 0.567. The van der Waals surface area contributed by atoms with Crippen LogP contribution in [0.1, 0.15) is 27.2 Å². The van der Waals surface area contributed by atoms with Gasteiger partial charge < -0.3 is 20.0 Å². The van der Waals surface area contributed by atoms with Gasteiger partial charge in [0.25, 0.3) is 11.8 Å². The molecule has 1 atom stereocenters. The molecule has 3 N–H and O–H groups in total. The standard InChI is InChI=1S/C24H34N4O2/c1-4-13-25-23(29)18-26-14-16-27(17-15-26)19(3)24(30)28(5-2)22-12-8-10-20-9-6-7-11-21(20)22/h6-12,19H,4-5,13-18H2,1-3H3,(H,25,29)/p+2/t19-/m0/s1. The maximum atomic E-state index is 13.4. The van der Waals surface area contributed by atoms with Gasteiger partial charge in [0.05, 0.1) is 5.69 Å². The van der Waals surface area contributed by atoms with Gasteiger partial charge in [-0.25, -0.2) is 0 Å². The average Bonchev–Trinajstić information content (AvgIpc) is 2.78. The van der Waals surface area contributed by atoms with Crippen LogP contribution < -0.4 is 20.0 Å². The van der Waals surface area contributed by atoms with Gasteiger partial charge in [0.2, 0.25) is 0 Å². The molecule has 0 unspecified atom stereocenters. The number of anilines is 1. The molecule has 3 rings (SSSR count). The number of rotatable bonds is 8. The van der Waals surface area contributed by atoms with Gasteiger partial charge in [-0.2, -0.15) is 0 Å². The molecule has 6 nitrogen and oxygen atoms in total. The molecule has 0 aromatic heterocycles. The van der Waals surface area contributed by atoms with Crippen LogP contribution in [0.3, 0.4) is 0 Å². The lowest BCUT2D eigenvalue weighted by Gasteiger charge is -2.34. The van der Waals surface area contributed by atoms with Gasteiger partial charge in [-0.3, -0.25) is 9.59 Å². The van der Waals surface area contributed by atoms with Crippen molar-refractivity contribution in [3.05, 3.63) is 42.5 Å². The van der Waals surface area contributed by atoms with Crippen molar-refractivity contribution >= 4 is 28.3 Å². The smallest absolute Gasteiger partial charge is 0.284 e. The molecule has 0 bridgehead atoms. The number of carbonyl (C=O) groups is 2. The predicted octanol–water partition coefficient (Wildman–Crippen LogP) is -0.109. The van der Waals surface area contributed by atoms with Gasteiger partial charge in [-0.05, 0) is 31.7 Å². The lowest BCUT2D eigenvalue weighted by molar-refractivity contribution is -1.01. The van der Waals surface area contributed by atoms with Crippen LogP contribution in [0, 0.1) is 0 Å². The van der Waals surface area contributed by atoms with E-state index in [2.05, 4.69) is 30.4 Å². The van der Waals surface area contributed by atoms with E-state index in [4.69, 9.17) is 0 Å². The number of piperazine rings is 1. The first-order chi connectivity index (χ1) is 14.5. The number of quaternary nitrogens is 2. The number of nitrogens with one attached hydrogen (secondary N) is 3. The number of fused-ring (bicyclic) bond motifs is 1. The minimum absolute atomic E-state index is 0.0978. The van der Waals surface area contributed by atoms with Crippen molar-refractivity contribution < 1.29 is 19.4 Å². The van der Waals surface area contributed by atoms with Gasteiger partial charge in [0.1, 0.15) is 26.2 Å². The van der Waals surface area contributed by atoms with Crippen molar-refractivity contribution in [2.45, 2.75) is 33.2 Å². The highest BCUT2D eigenvalue weighted by Crippen LogP contribution is 2.26. The molecule has 1 fully saturated rings. The minimum Gasteiger partial charge on any atom is -0.351 e. The lowest BCUT2D eigenvalue weighted by atomic mass is 10.1. The Balaban J connectivity index is 1.63. The summed E-state index contributed by atoms with van der Waals surface area (Å²) >= 11 is 0. The van der Waals surface area contributed by atoms with Gasteiger partial charge in [0.15, 0.2) is 12.6 Å². The third-order valence-corrected chi connectivity index (χ3v) is 6.20. The number of likely N-dealkylation sites (N-methyl/N-ethyl adjacent to an activating group) is 1. The van der Waals surface area contributed by atoms with Gasteiger partial charge >= 0.3 is 0 Å². The summed E-state index contributed by atoms with van der Waals surface area (Å²) in [5.74, 6) is 0.306.